The van der Waals surface area contributed by atoms with Crippen LogP contribution in [0, 0.1) is 23.2 Å². The summed E-state index contributed by atoms with van der Waals surface area (Å²) in [4.78, 5) is 16.8. The molecule has 0 radical (unpaired) electrons. The summed E-state index contributed by atoms with van der Waals surface area (Å²) in [6.45, 7) is 2.55. The van der Waals surface area contributed by atoms with Crippen molar-refractivity contribution in [1.29, 1.82) is 0 Å². The van der Waals surface area contributed by atoms with Gasteiger partial charge in [0.15, 0.2) is 0 Å². The highest BCUT2D eigenvalue weighted by Crippen LogP contribution is 2.68. The first kappa shape index (κ1) is 18.6. The summed E-state index contributed by atoms with van der Waals surface area (Å²) < 4.78 is 7.14. The number of hydrogen-bond acceptors (Lipinski definition) is 3. The first-order valence-electron chi connectivity index (χ1n) is 12.3. The van der Waals surface area contributed by atoms with Crippen molar-refractivity contribution >= 4 is 11.9 Å². The summed E-state index contributed by atoms with van der Waals surface area (Å²) in [5.41, 5.74) is 5.41. The number of carbonyl (C=O) groups excluding carboxylic acids is 1. The maximum absolute atomic E-state index is 12.4. The number of pyridine rings is 1. The molecule has 160 valence electrons. The zero-order valence-electron chi connectivity index (χ0n) is 18.4. The molecule has 6 aliphatic rings. The fourth-order valence-corrected chi connectivity index (χ4v) is 8.56. The molecule has 1 aromatic heterocycles. The summed E-state index contributed by atoms with van der Waals surface area (Å²) in [6, 6.07) is 2.14. The lowest BCUT2D eigenvalue weighted by atomic mass is 9.56. The molecule has 6 atom stereocenters. The molecule has 3 nitrogen and oxygen atoms in total. The quantitative estimate of drug-likeness (QED) is 0.601. The standard InChI is InChI=1S/C28H31NO2/c1-26-10-8-22-15-21-4-5-23(30)16-27(21)11-12-28(22,31-27)25(26)7-6-24(26)19-3-2-18-9-13-29-17-20(18)14-19/h2-3,8-9,13,15,17,19,24-25H,4-7,10-12,14,16H2,1H3/t19?,24?,25-,26?,27-,28-/m1/s1. The van der Waals surface area contributed by atoms with E-state index in [0.29, 0.717) is 36.4 Å². The minimum absolute atomic E-state index is 0.152. The van der Waals surface area contributed by atoms with Crippen LogP contribution in [0.25, 0.3) is 6.08 Å². The van der Waals surface area contributed by atoms with Gasteiger partial charge in [0.25, 0.3) is 0 Å². The van der Waals surface area contributed by atoms with Crippen LogP contribution in [-0.2, 0) is 16.0 Å². The van der Waals surface area contributed by atoms with Gasteiger partial charge >= 0.3 is 0 Å². The number of fused-ring (bicyclic) bond motifs is 2. The van der Waals surface area contributed by atoms with Crippen molar-refractivity contribution in [3.8, 4) is 0 Å². The molecule has 2 aliphatic heterocycles. The highest BCUT2D eigenvalue weighted by Gasteiger charge is 2.66. The predicted molar refractivity (Wildman–Crippen MR) is 120 cm³/mol. The molecule has 3 heteroatoms. The van der Waals surface area contributed by atoms with Gasteiger partial charge in [-0.05, 0) is 96.5 Å². The number of rotatable bonds is 1. The van der Waals surface area contributed by atoms with Crippen molar-refractivity contribution in [3.05, 3.63) is 59.0 Å². The fourth-order valence-electron chi connectivity index (χ4n) is 8.56. The molecule has 7 rings (SSSR count). The maximum atomic E-state index is 12.4. The number of allylic oxidation sites excluding steroid dienone is 2. The average molecular weight is 414 g/mol. The Morgan fingerprint density at radius 1 is 1.19 bits per heavy atom. The SMILES string of the molecule is CC12CC=C3C=C4CCC(=O)C[C@]45CC[C@]3(O5)[C@@H]1CCC2C1C=Cc2ccncc2C1. The molecule has 1 saturated heterocycles. The average Bonchev–Trinajstić information content (AvgIpc) is 3.28. The molecule has 1 aromatic rings. The van der Waals surface area contributed by atoms with Gasteiger partial charge in [-0.3, -0.25) is 9.78 Å². The number of nitrogens with zero attached hydrogens (tertiary/aromatic N) is 1. The highest BCUT2D eigenvalue weighted by molar-refractivity contribution is 5.82. The van der Waals surface area contributed by atoms with Crippen LogP contribution in [0.2, 0.25) is 0 Å². The van der Waals surface area contributed by atoms with Crippen molar-refractivity contribution in [2.24, 2.45) is 23.2 Å². The summed E-state index contributed by atoms with van der Waals surface area (Å²) >= 11 is 0. The molecule has 31 heavy (non-hydrogen) atoms. The Morgan fingerprint density at radius 3 is 3.06 bits per heavy atom. The van der Waals surface area contributed by atoms with Crippen LogP contribution in [0.3, 0.4) is 0 Å². The third-order valence-electron chi connectivity index (χ3n) is 10.0. The smallest absolute Gasteiger partial charge is 0.136 e. The van der Waals surface area contributed by atoms with Crippen molar-refractivity contribution in [2.75, 3.05) is 0 Å². The minimum Gasteiger partial charge on any atom is -0.359 e. The van der Waals surface area contributed by atoms with Gasteiger partial charge in [-0.1, -0.05) is 31.2 Å². The van der Waals surface area contributed by atoms with E-state index < -0.39 is 0 Å². The van der Waals surface area contributed by atoms with E-state index in [0.717, 1.165) is 32.1 Å². The first-order chi connectivity index (χ1) is 15.0. The van der Waals surface area contributed by atoms with Gasteiger partial charge in [0.2, 0.25) is 0 Å². The van der Waals surface area contributed by atoms with Crippen molar-refractivity contribution in [2.45, 2.75) is 75.9 Å². The predicted octanol–water partition coefficient (Wildman–Crippen LogP) is 5.61. The summed E-state index contributed by atoms with van der Waals surface area (Å²) in [5, 5.41) is 0. The summed E-state index contributed by atoms with van der Waals surface area (Å²) in [6.07, 6.45) is 22.9. The Morgan fingerprint density at radius 2 is 2.13 bits per heavy atom. The molecule has 0 aromatic carbocycles. The molecule has 0 N–H and O–H groups in total. The number of ketones is 1. The Labute approximate surface area is 184 Å². The van der Waals surface area contributed by atoms with E-state index in [-0.39, 0.29) is 16.6 Å². The van der Waals surface area contributed by atoms with E-state index in [1.54, 1.807) is 0 Å². The largest absolute Gasteiger partial charge is 0.359 e. The Hall–Kier alpha value is -2.00. The molecule has 2 saturated carbocycles. The second kappa shape index (κ2) is 6.07. The highest BCUT2D eigenvalue weighted by atomic mass is 16.5. The van der Waals surface area contributed by atoms with Crippen molar-refractivity contribution in [3.63, 3.8) is 0 Å². The van der Waals surface area contributed by atoms with E-state index in [9.17, 15) is 4.79 Å². The van der Waals surface area contributed by atoms with E-state index in [1.807, 2.05) is 6.20 Å². The lowest BCUT2D eigenvalue weighted by Crippen LogP contribution is -2.54. The van der Waals surface area contributed by atoms with Crippen LogP contribution in [-0.4, -0.2) is 22.0 Å². The van der Waals surface area contributed by atoms with Crippen LogP contribution in [0.5, 0.6) is 0 Å². The van der Waals surface area contributed by atoms with Crippen LogP contribution in [0.15, 0.2) is 47.8 Å². The molecular weight excluding hydrogens is 382 g/mol. The van der Waals surface area contributed by atoms with Gasteiger partial charge < -0.3 is 4.74 Å². The van der Waals surface area contributed by atoms with Crippen molar-refractivity contribution in [1.82, 2.24) is 4.98 Å². The lowest BCUT2D eigenvalue weighted by molar-refractivity contribution is -0.148. The molecular formula is C28H31NO2. The van der Waals surface area contributed by atoms with Crippen LogP contribution in [0.4, 0.5) is 0 Å². The van der Waals surface area contributed by atoms with E-state index >= 15 is 0 Å². The Balaban J connectivity index is 1.26. The molecule has 3 heterocycles. The third kappa shape index (κ3) is 2.34. The molecule has 3 unspecified atom stereocenters. The van der Waals surface area contributed by atoms with Crippen LogP contribution < -0.4 is 0 Å². The molecule has 0 amide bonds. The maximum Gasteiger partial charge on any atom is 0.136 e. The minimum atomic E-state index is -0.279. The van der Waals surface area contributed by atoms with Gasteiger partial charge in [-0.15, -0.1) is 0 Å². The number of carbonyl (C=O) groups is 1. The summed E-state index contributed by atoms with van der Waals surface area (Å²) in [5.74, 6) is 2.21. The number of ether oxygens (including phenoxy) is 1. The second-order valence-electron chi connectivity index (χ2n) is 11.3. The van der Waals surface area contributed by atoms with Gasteiger partial charge in [-0.2, -0.15) is 0 Å². The van der Waals surface area contributed by atoms with E-state index in [4.69, 9.17) is 4.74 Å². The van der Waals surface area contributed by atoms with E-state index in [1.165, 1.54) is 35.1 Å². The normalized spacial score (nSPS) is 44.7. The van der Waals surface area contributed by atoms with Crippen molar-refractivity contribution < 1.29 is 9.53 Å². The second-order valence-corrected chi connectivity index (χ2v) is 11.3. The molecule has 2 bridgehead atoms. The Bertz CT molecular complexity index is 1080. The van der Waals surface area contributed by atoms with Crippen LogP contribution in [0.1, 0.15) is 69.4 Å². The van der Waals surface area contributed by atoms with Gasteiger partial charge in [0.1, 0.15) is 5.78 Å². The monoisotopic (exact) mass is 413 g/mol. The topological polar surface area (TPSA) is 39.2 Å². The van der Waals surface area contributed by atoms with Gasteiger partial charge in [0, 0.05) is 25.2 Å². The zero-order valence-corrected chi connectivity index (χ0v) is 18.4. The number of aromatic nitrogens is 1. The Kier molecular flexibility index (Phi) is 3.63. The number of Topliss-reactive ketones (excluding diaryl/α,β-unsaturated/α-hetero) is 1. The first-order valence-corrected chi connectivity index (χ1v) is 12.3. The van der Waals surface area contributed by atoms with Crippen LogP contribution >= 0.6 is 0 Å². The summed E-state index contributed by atoms with van der Waals surface area (Å²) in [7, 11) is 0. The van der Waals surface area contributed by atoms with E-state index in [2.05, 4.69) is 48.5 Å². The third-order valence-corrected chi connectivity index (χ3v) is 10.0. The fraction of sp³-hybridized carbons (Fsp3) is 0.571. The number of hydrogen-bond donors (Lipinski definition) is 0. The zero-order chi connectivity index (χ0) is 20.8. The molecule has 2 spiro atoms. The molecule has 3 fully saturated rings. The van der Waals surface area contributed by atoms with Gasteiger partial charge in [0.05, 0.1) is 11.2 Å². The lowest BCUT2D eigenvalue weighted by Gasteiger charge is -2.54. The van der Waals surface area contributed by atoms with Gasteiger partial charge in [-0.25, -0.2) is 0 Å². The molecule has 4 aliphatic carbocycles.